The van der Waals surface area contributed by atoms with Crippen LogP contribution in [-0.4, -0.2) is 16.1 Å². The summed E-state index contributed by atoms with van der Waals surface area (Å²) in [5.74, 6) is -4.47. The molecule has 1 heterocycles. The molecule has 0 radical (unpaired) electrons. The van der Waals surface area contributed by atoms with Crippen LogP contribution in [0.3, 0.4) is 0 Å². The molecule has 0 saturated heterocycles. The van der Waals surface area contributed by atoms with Crippen molar-refractivity contribution in [1.82, 2.24) is 10.2 Å². The van der Waals surface area contributed by atoms with E-state index in [4.69, 9.17) is 0 Å². The summed E-state index contributed by atoms with van der Waals surface area (Å²) in [6, 6.07) is 2.47. The predicted octanol–water partition coefficient (Wildman–Crippen LogP) is 3.03. The monoisotopic (exact) mass is 283 g/mol. The first-order chi connectivity index (χ1) is 9.51. The molecule has 2 rings (SSSR count). The molecule has 0 aliphatic carbocycles. The van der Waals surface area contributed by atoms with Gasteiger partial charge in [0, 0.05) is 23.9 Å². The Morgan fingerprint density at radius 1 is 1.25 bits per heavy atom. The van der Waals surface area contributed by atoms with Crippen LogP contribution in [0.2, 0.25) is 0 Å². The van der Waals surface area contributed by atoms with E-state index < -0.39 is 28.9 Å². The molecule has 2 N–H and O–H groups in total. The average Bonchev–Trinajstić information content (AvgIpc) is 2.75. The maximum Gasteiger partial charge on any atom is 0.262 e. The molecule has 0 spiro atoms. The highest BCUT2D eigenvalue weighted by atomic mass is 19.1. The number of nitrogens with one attached hydrogen (secondary N) is 2. The number of aryl methyl sites for hydroxylation is 1. The molecule has 0 atom stereocenters. The normalized spacial score (nSPS) is 10.6. The molecule has 0 unspecified atom stereocenters. The lowest BCUT2D eigenvalue weighted by molar-refractivity contribution is 0.101. The Morgan fingerprint density at radius 2 is 1.90 bits per heavy atom. The molecule has 0 fully saturated rings. The largest absolute Gasteiger partial charge is 0.305 e. The molecule has 0 saturated carbocycles. The summed E-state index contributed by atoms with van der Waals surface area (Å²) in [7, 11) is 0. The molecule has 106 valence electrons. The Balaban J connectivity index is 2.19. The van der Waals surface area contributed by atoms with E-state index in [0.29, 0.717) is 12.1 Å². The van der Waals surface area contributed by atoms with E-state index in [-0.39, 0.29) is 5.82 Å². The molecule has 2 aromatic rings. The zero-order chi connectivity index (χ0) is 14.7. The molecule has 1 amide bonds. The molecule has 1 aromatic carbocycles. The highest BCUT2D eigenvalue weighted by Gasteiger charge is 2.19. The molecule has 0 aliphatic rings. The lowest BCUT2D eigenvalue weighted by Crippen LogP contribution is -2.16. The number of amides is 1. The summed E-state index contributed by atoms with van der Waals surface area (Å²) in [5.41, 5.74) is -0.0470. The summed E-state index contributed by atoms with van der Waals surface area (Å²) in [5, 5.41) is 8.75. The number of H-pyrrole nitrogens is 1. The number of carbonyl (C=O) groups is 1. The molecule has 0 aliphatic heterocycles. The van der Waals surface area contributed by atoms with E-state index >= 15 is 0 Å². The van der Waals surface area contributed by atoms with Crippen molar-refractivity contribution < 1.29 is 18.0 Å². The van der Waals surface area contributed by atoms with Gasteiger partial charge < -0.3 is 5.32 Å². The third-order valence-electron chi connectivity index (χ3n) is 2.63. The second-order valence-corrected chi connectivity index (χ2v) is 4.23. The van der Waals surface area contributed by atoms with Gasteiger partial charge in [0.25, 0.3) is 5.91 Å². The van der Waals surface area contributed by atoms with E-state index in [1.807, 2.05) is 6.92 Å². The summed E-state index contributed by atoms with van der Waals surface area (Å²) < 4.78 is 39.6. The number of hydrogen-bond donors (Lipinski definition) is 2. The van der Waals surface area contributed by atoms with E-state index in [1.54, 1.807) is 6.07 Å². The van der Waals surface area contributed by atoms with Crippen LogP contribution in [0.15, 0.2) is 18.2 Å². The van der Waals surface area contributed by atoms with Gasteiger partial charge in [-0.05, 0) is 6.42 Å². The SMILES string of the molecule is CCCc1cc(NC(=O)c2c(F)cc(F)cc2F)n[nH]1. The Bertz CT molecular complexity index is 617. The van der Waals surface area contributed by atoms with Crippen LogP contribution >= 0.6 is 0 Å². The van der Waals surface area contributed by atoms with Crippen molar-refractivity contribution in [1.29, 1.82) is 0 Å². The fourth-order valence-electron chi connectivity index (χ4n) is 1.76. The highest BCUT2D eigenvalue weighted by Crippen LogP contribution is 2.17. The molecule has 20 heavy (non-hydrogen) atoms. The van der Waals surface area contributed by atoms with Gasteiger partial charge in [0.15, 0.2) is 5.82 Å². The summed E-state index contributed by atoms with van der Waals surface area (Å²) in [6.45, 7) is 1.97. The van der Waals surface area contributed by atoms with E-state index in [2.05, 4.69) is 15.5 Å². The van der Waals surface area contributed by atoms with Crippen molar-refractivity contribution in [2.45, 2.75) is 19.8 Å². The quantitative estimate of drug-likeness (QED) is 0.906. The summed E-state index contributed by atoms with van der Waals surface area (Å²) in [6.07, 6.45) is 1.62. The van der Waals surface area contributed by atoms with Crippen molar-refractivity contribution in [2.24, 2.45) is 0 Å². The fraction of sp³-hybridized carbons (Fsp3) is 0.231. The zero-order valence-electron chi connectivity index (χ0n) is 10.6. The number of benzene rings is 1. The lowest BCUT2D eigenvalue weighted by Gasteiger charge is -2.04. The van der Waals surface area contributed by atoms with Gasteiger partial charge in [-0.15, -0.1) is 0 Å². The second kappa shape index (κ2) is 5.77. The third kappa shape index (κ3) is 2.98. The Labute approximate surface area is 113 Å². The van der Waals surface area contributed by atoms with Crippen molar-refractivity contribution in [3.8, 4) is 0 Å². The van der Waals surface area contributed by atoms with Crippen molar-refractivity contribution >= 4 is 11.7 Å². The number of rotatable bonds is 4. The van der Waals surface area contributed by atoms with Crippen LogP contribution in [0, 0.1) is 17.5 Å². The van der Waals surface area contributed by atoms with Crippen LogP contribution in [0.4, 0.5) is 19.0 Å². The van der Waals surface area contributed by atoms with Crippen LogP contribution in [0.25, 0.3) is 0 Å². The van der Waals surface area contributed by atoms with Crippen LogP contribution in [-0.2, 0) is 6.42 Å². The number of nitrogens with zero attached hydrogens (tertiary/aromatic N) is 1. The maximum atomic E-state index is 13.4. The average molecular weight is 283 g/mol. The molecule has 4 nitrogen and oxygen atoms in total. The lowest BCUT2D eigenvalue weighted by atomic mass is 10.1. The van der Waals surface area contributed by atoms with Crippen LogP contribution in [0.1, 0.15) is 29.4 Å². The van der Waals surface area contributed by atoms with Gasteiger partial charge in [-0.3, -0.25) is 9.89 Å². The van der Waals surface area contributed by atoms with Gasteiger partial charge >= 0.3 is 0 Å². The van der Waals surface area contributed by atoms with Gasteiger partial charge in [0.05, 0.1) is 0 Å². The van der Waals surface area contributed by atoms with Gasteiger partial charge in [-0.25, -0.2) is 13.2 Å². The summed E-state index contributed by atoms with van der Waals surface area (Å²) >= 11 is 0. The first-order valence-corrected chi connectivity index (χ1v) is 6.01. The highest BCUT2D eigenvalue weighted by molar-refractivity contribution is 6.04. The van der Waals surface area contributed by atoms with Gasteiger partial charge in [0.2, 0.25) is 0 Å². The van der Waals surface area contributed by atoms with Gasteiger partial charge in [0.1, 0.15) is 23.0 Å². The fourth-order valence-corrected chi connectivity index (χ4v) is 1.76. The first-order valence-electron chi connectivity index (χ1n) is 6.01. The molecule has 0 bridgehead atoms. The smallest absolute Gasteiger partial charge is 0.262 e. The molecular formula is C13H12F3N3O. The minimum absolute atomic E-state index is 0.154. The number of carbonyl (C=O) groups excluding carboxylic acids is 1. The number of anilines is 1. The van der Waals surface area contributed by atoms with E-state index in [0.717, 1.165) is 18.5 Å². The van der Waals surface area contributed by atoms with Gasteiger partial charge in [-0.1, -0.05) is 13.3 Å². The molecule has 1 aromatic heterocycles. The van der Waals surface area contributed by atoms with E-state index in [9.17, 15) is 18.0 Å². The zero-order valence-corrected chi connectivity index (χ0v) is 10.6. The number of halogens is 3. The van der Waals surface area contributed by atoms with Crippen molar-refractivity contribution in [3.63, 3.8) is 0 Å². The topological polar surface area (TPSA) is 57.8 Å². The first kappa shape index (κ1) is 14.1. The van der Waals surface area contributed by atoms with Crippen LogP contribution < -0.4 is 5.32 Å². The Morgan fingerprint density at radius 3 is 2.50 bits per heavy atom. The maximum absolute atomic E-state index is 13.4. The minimum atomic E-state index is -1.26. The Kier molecular flexibility index (Phi) is 4.07. The van der Waals surface area contributed by atoms with Gasteiger partial charge in [-0.2, -0.15) is 5.10 Å². The standard InChI is InChI=1S/C13H12F3N3O/c1-2-3-8-6-11(19-18-8)17-13(20)12-9(15)4-7(14)5-10(12)16/h4-6H,2-3H2,1H3,(H2,17,18,19,20). The molecular weight excluding hydrogens is 271 g/mol. The summed E-state index contributed by atoms with van der Waals surface area (Å²) in [4.78, 5) is 11.8. The predicted molar refractivity (Wildman–Crippen MR) is 66.9 cm³/mol. The second-order valence-electron chi connectivity index (χ2n) is 4.23. The third-order valence-corrected chi connectivity index (χ3v) is 2.63. The number of hydrogen-bond acceptors (Lipinski definition) is 2. The van der Waals surface area contributed by atoms with Crippen LogP contribution in [0.5, 0.6) is 0 Å². The van der Waals surface area contributed by atoms with Crippen molar-refractivity contribution in [2.75, 3.05) is 5.32 Å². The van der Waals surface area contributed by atoms with Crippen molar-refractivity contribution in [3.05, 3.63) is 46.9 Å². The number of aromatic nitrogens is 2. The Hall–Kier alpha value is -2.31. The minimum Gasteiger partial charge on any atom is -0.305 e. The van der Waals surface area contributed by atoms with E-state index in [1.165, 1.54) is 0 Å². The number of aromatic amines is 1. The molecule has 7 heteroatoms.